The molecule has 0 aliphatic rings. The van der Waals surface area contributed by atoms with Crippen LogP contribution in [-0.4, -0.2) is 0 Å². The van der Waals surface area contributed by atoms with Crippen molar-refractivity contribution in [2.75, 3.05) is 0 Å². The standard InChI is InChI=1S/C24H20P/c1-2-25(21-14-5-3-6-15-21,22-16-7-4-8-17-22)24-19-11-13-20-12-9-10-18-23(20)24/h2-19H,1H2/q+1. The van der Waals surface area contributed by atoms with Gasteiger partial charge in [-0.25, -0.2) is 0 Å². The van der Waals surface area contributed by atoms with Crippen LogP contribution in [0.2, 0.25) is 0 Å². The van der Waals surface area contributed by atoms with E-state index in [0.717, 1.165) is 0 Å². The SMILES string of the molecule is C=C[P+](c1ccccc1)(c1ccccc1)c1cccc2ccccc12. The first-order chi connectivity index (χ1) is 12.4. The van der Waals surface area contributed by atoms with Crippen molar-refractivity contribution in [3.63, 3.8) is 0 Å². The van der Waals surface area contributed by atoms with Crippen LogP contribution in [0.25, 0.3) is 10.8 Å². The molecule has 0 unspecified atom stereocenters. The van der Waals surface area contributed by atoms with Gasteiger partial charge in [-0.2, -0.15) is 0 Å². The first-order valence-corrected chi connectivity index (χ1v) is 10.3. The maximum absolute atomic E-state index is 4.32. The zero-order valence-electron chi connectivity index (χ0n) is 14.0. The second kappa shape index (κ2) is 6.67. The summed E-state index contributed by atoms with van der Waals surface area (Å²) in [5, 5.41) is 6.64. The van der Waals surface area contributed by atoms with Gasteiger partial charge in [0, 0.05) is 5.39 Å². The molecule has 0 fully saturated rings. The van der Waals surface area contributed by atoms with E-state index in [-0.39, 0.29) is 0 Å². The molecule has 0 aliphatic carbocycles. The average molecular weight is 339 g/mol. The van der Waals surface area contributed by atoms with Crippen LogP contribution >= 0.6 is 7.26 Å². The van der Waals surface area contributed by atoms with Crippen LogP contribution in [0.4, 0.5) is 0 Å². The molecule has 120 valence electrons. The van der Waals surface area contributed by atoms with Gasteiger partial charge in [-0.1, -0.05) is 79.4 Å². The first-order valence-electron chi connectivity index (χ1n) is 8.48. The van der Waals surface area contributed by atoms with Crippen LogP contribution in [-0.2, 0) is 0 Å². The Kier molecular flexibility index (Phi) is 4.22. The van der Waals surface area contributed by atoms with E-state index in [0.29, 0.717) is 0 Å². The third kappa shape index (κ3) is 2.60. The molecule has 1 heteroatoms. The molecule has 4 aromatic rings. The largest absolute Gasteiger partial charge is 0.137 e. The molecule has 0 N–H and O–H groups in total. The Morgan fingerprint density at radius 1 is 0.560 bits per heavy atom. The lowest BCUT2D eigenvalue weighted by Crippen LogP contribution is -2.29. The molecule has 0 spiro atoms. The van der Waals surface area contributed by atoms with Crippen molar-refractivity contribution in [3.8, 4) is 0 Å². The minimum absolute atomic E-state index is 1.28. The molecule has 0 nitrogen and oxygen atoms in total. The van der Waals surface area contributed by atoms with Crippen molar-refractivity contribution in [2.45, 2.75) is 0 Å². The Morgan fingerprint density at radius 3 is 1.68 bits per heavy atom. The number of fused-ring (bicyclic) bond motifs is 1. The normalized spacial score (nSPS) is 11.4. The van der Waals surface area contributed by atoms with E-state index < -0.39 is 7.26 Å². The van der Waals surface area contributed by atoms with Crippen LogP contribution in [0, 0.1) is 0 Å². The van der Waals surface area contributed by atoms with Gasteiger partial charge in [0.1, 0.15) is 23.2 Å². The van der Waals surface area contributed by atoms with E-state index in [2.05, 4.69) is 116 Å². The van der Waals surface area contributed by atoms with E-state index in [9.17, 15) is 0 Å². The Hall–Kier alpha value is -2.69. The fraction of sp³-hybridized carbons (Fsp3) is 0. The lowest BCUT2D eigenvalue weighted by atomic mass is 10.1. The Balaban J connectivity index is 2.13. The molecular formula is C24H20P+. The van der Waals surface area contributed by atoms with Crippen LogP contribution in [0.5, 0.6) is 0 Å². The summed E-state index contributed by atoms with van der Waals surface area (Å²) in [5.74, 6) is 2.19. The molecule has 0 bridgehead atoms. The van der Waals surface area contributed by atoms with E-state index >= 15 is 0 Å². The first kappa shape index (κ1) is 15.8. The lowest BCUT2D eigenvalue weighted by molar-refractivity contribution is 1.73. The molecule has 0 radical (unpaired) electrons. The summed E-state index contributed by atoms with van der Waals surface area (Å²) < 4.78 is 0. The number of benzene rings is 4. The predicted molar refractivity (Wildman–Crippen MR) is 113 cm³/mol. The molecule has 0 saturated carbocycles. The fourth-order valence-electron chi connectivity index (χ4n) is 3.58. The van der Waals surface area contributed by atoms with Gasteiger partial charge in [0.25, 0.3) is 0 Å². The topological polar surface area (TPSA) is 0 Å². The zero-order valence-corrected chi connectivity index (χ0v) is 14.9. The number of rotatable bonds is 4. The second-order valence-corrected chi connectivity index (χ2v) is 9.40. The summed E-state index contributed by atoms with van der Waals surface area (Å²) in [6.07, 6.45) is 0. The molecule has 0 amide bonds. The van der Waals surface area contributed by atoms with Gasteiger partial charge >= 0.3 is 0 Å². The monoisotopic (exact) mass is 339 g/mol. The molecule has 25 heavy (non-hydrogen) atoms. The third-order valence-corrected chi connectivity index (χ3v) is 8.67. The highest BCUT2D eigenvalue weighted by Crippen LogP contribution is 2.57. The summed E-state index contributed by atoms with van der Waals surface area (Å²) in [6.45, 7) is 4.32. The van der Waals surface area contributed by atoms with Gasteiger partial charge in [-0.15, -0.1) is 0 Å². The fourth-order valence-corrected chi connectivity index (χ4v) is 7.24. The van der Waals surface area contributed by atoms with E-state index in [1.807, 2.05) is 0 Å². The van der Waals surface area contributed by atoms with Crippen molar-refractivity contribution in [1.82, 2.24) is 0 Å². The quantitative estimate of drug-likeness (QED) is 0.444. The van der Waals surface area contributed by atoms with E-state index in [4.69, 9.17) is 0 Å². The van der Waals surface area contributed by atoms with E-state index in [1.54, 1.807) is 0 Å². The van der Waals surface area contributed by atoms with Gasteiger partial charge in [-0.05, 0) is 35.7 Å². The van der Waals surface area contributed by atoms with Crippen molar-refractivity contribution in [2.24, 2.45) is 0 Å². The van der Waals surface area contributed by atoms with Gasteiger partial charge in [0.15, 0.2) is 0 Å². The van der Waals surface area contributed by atoms with Gasteiger partial charge in [0.05, 0.1) is 5.82 Å². The van der Waals surface area contributed by atoms with Crippen molar-refractivity contribution in [3.05, 3.63) is 116 Å². The Labute approximate surface area is 149 Å². The minimum Gasteiger partial charge on any atom is -0.0627 e. The minimum atomic E-state index is -1.92. The predicted octanol–water partition coefficient (Wildman–Crippen LogP) is 5.28. The maximum atomic E-state index is 4.32. The summed E-state index contributed by atoms with van der Waals surface area (Å²) in [5.41, 5.74) is 0. The van der Waals surface area contributed by atoms with Crippen molar-refractivity contribution < 1.29 is 0 Å². The van der Waals surface area contributed by atoms with Crippen LogP contribution in [0.15, 0.2) is 116 Å². The molecule has 4 rings (SSSR count). The summed E-state index contributed by atoms with van der Waals surface area (Å²) >= 11 is 0. The summed E-state index contributed by atoms with van der Waals surface area (Å²) in [6, 6.07) is 36.9. The maximum Gasteiger partial charge on any atom is 0.137 e. The third-order valence-electron chi connectivity index (χ3n) is 4.75. The molecule has 4 aromatic carbocycles. The van der Waals surface area contributed by atoms with Crippen LogP contribution in [0.3, 0.4) is 0 Å². The number of hydrogen-bond donors (Lipinski definition) is 0. The van der Waals surface area contributed by atoms with Crippen LogP contribution in [0.1, 0.15) is 0 Å². The molecule has 0 aliphatic heterocycles. The smallest absolute Gasteiger partial charge is 0.0627 e. The number of hydrogen-bond acceptors (Lipinski definition) is 0. The molecule has 0 aromatic heterocycles. The van der Waals surface area contributed by atoms with Gasteiger partial charge < -0.3 is 0 Å². The molecule has 0 saturated heterocycles. The van der Waals surface area contributed by atoms with E-state index in [1.165, 1.54) is 26.7 Å². The second-order valence-electron chi connectivity index (χ2n) is 6.07. The highest BCUT2D eigenvalue weighted by molar-refractivity contribution is 7.98. The summed E-state index contributed by atoms with van der Waals surface area (Å²) in [4.78, 5) is 0. The zero-order chi connectivity index (χ0) is 17.1. The Bertz CT molecular complexity index is 959. The molecule has 0 atom stereocenters. The molecular weight excluding hydrogens is 319 g/mol. The Morgan fingerprint density at radius 2 is 1.08 bits per heavy atom. The van der Waals surface area contributed by atoms with Crippen LogP contribution < -0.4 is 15.9 Å². The van der Waals surface area contributed by atoms with Gasteiger partial charge in [0.2, 0.25) is 0 Å². The average Bonchev–Trinajstić information content (AvgIpc) is 2.71. The summed E-state index contributed by atoms with van der Waals surface area (Å²) in [7, 11) is -1.92. The van der Waals surface area contributed by atoms with Crippen molar-refractivity contribution in [1.29, 1.82) is 0 Å². The van der Waals surface area contributed by atoms with Gasteiger partial charge in [-0.3, -0.25) is 0 Å². The van der Waals surface area contributed by atoms with Crippen molar-refractivity contribution >= 4 is 33.9 Å². The highest BCUT2D eigenvalue weighted by atomic mass is 31.2. The molecule has 0 heterocycles. The highest BCUT2D eigenvalue weighted by Gasteiger charge is 2.43. The lowest BCUT2D eigenvalue weighted by Gasteiger charge is -2.24.